The highest BCUT2D eigenvalue weighted by Gasteiger charge is 2.32. The van der Waals surface area contributed by atoms with Crippen molar-refractivity contribution in [2.45, 2.75) is 18.0 Å². The molecule has 2 aromatic carbocycles. The van der Waals surface area contributed by atoms with Crippen LogP contribution in [0.2, 0.25) is 0 Å². The van der Waals surface area contributed by atoms with E-state index in [0.29, 0.717) is 17.4 Å². The Balaban J connectivity index is 2.55. The van der Waals surface area contributed by atoms with Crippen molar-refractivity contribution >= 4 is 10.0 Å². The quantitative estimate of drug-likeness (QED) is 0.936. The Labute approximate surface area is 125 Å². The average molecular weight is 331 g/mol. The number of primary sulfonamides is 1. The molecule has 22 heavy (non-hydrogen) atoms. The Kier molecular flexibility index (Phi) is 4.17. The van der Waals surface area contributed by atoms with Crippen LogP contribution in [0.1, 0.15) is 11.1 Å². The minimum atomic E-state index is -4.68. The van der Waals surface area contributed by atoms with Crippen LogP contribution in [0.15, 0.2) is 47.4 Å². The molecular formula is C14H12F3NO3S. The van der Waals surface area contributed by atoms with Crippen LogP contribution >= 0.6 is 0 Å². The number of alkyl halides is 3. The maximum Gasteiger partial charge on any atom is 0.416 e. The molecular weight excluding hydrogens is 319 g/mol. The highest BCUT2D eigenvalue weighted by atomic mass is 32.2. The molecule has 4 nitrogen and oxygen atoms in total. The topological polar surface area (TPSA) is 69.4 Å². The molecule has 0 amide bonds. The lowest BCUT2D eigenvalue weighted by molar-refractivity contribution is -0.137. The van der Waals surface area contributed by atoms with Gasteiger partial charge in [0.25, 0.3) is 0 Å². The van der Waals surface area contributed by atoms with Gasteiger partial charge >= 0.3 is 6.18 Å². The van der Waals surface area contributed by atoms with E-state index in [1.54, 1.807) is 31.2 Å². The number of ether oxygens (including phenoxy) is 1. The molecule has 8 heteroatoms. The number of benzene rings is 2. The van der Waals surface area contributed by atoms with Gasteiger partial charge in [-0.05, 0) is 36.8 Å². The van der Waals surface area contributed by atoms with Gasteiger partial charge < -0.3 is 4.74 Å². The van der Waals surface area contributed by atoms with Crippen molar-refractivity contribution in [3.63, 3.8) is 0 Å². The number of para-hydroxylation sites is 1. The third-order valence-electron chi connectivity index (χ3n) is 2.89. The lowest BCUT2D eigenvalue weighted by Gasteiger charge is -2.14. The number of nitrogens with two attached hydrogens (primary N) is 1. The molecule has 0 aliphatic carbocycles. The Morgan fingerprint density at radius 3 is 2.23 bits per heavy atom. The molecule has 0 fully saturated rings. The lowest BCUT2D eigenvalue weighted by atomic mass is 10.2. The van der Waals surface area contributed by atoms with Crippen molar-refractivity contribution in [1.29, 1.82) is 0 Å². The lowest BCUT2D eigenvalue weighted by Crippen LogP contribution is -2.15. The zero-order valence-electron chi connectivity index (χ0n) is 11.4. The Bertz CT molecular complexity index is 801. The van der Waals surface area contributed by atoms with Gasteiger partial charge in [0.15, 0.2) is 0 Å². The van der Waals surface area contributed by atoms with E-state index < -0.39 is 26.7 Å². The highest BCUT2D eigenvalue weighted by molar-refractivity contribution is 7.89. The molecule has 0 saturated heterocycles. The molecule has 0 radical (unpaired) electrons. The third kappa shape index (κ3) is 3.58. The minimum absolute atomic E-state index is 0.259. The summed E-state index contributed by atoms with van der Waals surface area (Å²) in [5, 5.41) is 4.99. The van der Waals surface area contributed by atoms with Crippen molar-refractivity contribution < 1.29 is 26.3 Å². The number of hydrogen-bond acceptors (Lipinski definition) is 3. The van der Waals surface area contributed by atoms with E-state index in [0.717, 1.165) is 12.1 Å². The first-order valence-electron chi connectivity index (χ1n) is 6.06. The van der Waals surface area contributed by atoms with Crippen molar-refractivity contribution in [3.8, 4) is 11.5 Å². The molecule has 0 spiro atoms. The molecule has 2 aromatic rings. The zero-order valence-corrected chi connectivity index (χ0v) is 12.2. The maximum atomic E-state index is 12.7. The highest BCUT2D eigenvalue weighted by Crippen LogP contribution is 2.36. The summed E-state index contributed by atoms with van der Waals surface area (Å²) in [4.78, 5) is -0.717. The predicted molar refractivity (Wildman–Crippen MR) is 74.1 cm³/mol. The number of hydrogen-bond donors (Lipinski definition) is 1. The number of sulfonamides is 1. The van der Waals surface area contributed by atoms with Crippen molar-refractivity contribution in [2.24, 2.45) is 5.14 Å². The number of rotatable bonds is 3. The Morgan fingerprint density at radius 1 is 1.05 bits per heavy atom. The van der Waals surface area contributed by atoms with Gasteiger partial charge in [0, 0.05) is 0 Å². The third-order valence-corrected chi connectivity index (χ3v) is 3.82. The van der Waals surface area contributed by atoms with Crippen molar-refractivity contribution in [1.82, 2.24) is 0 Å². The van der Waals surface area contributed by atoms with Gasteiger partial charge in [-0.25, -0.2) is 13.6 Å². The van der Waals surface area contributed by atoms with E-state index in [9.17, 15) is 21.6 Å². The molecule has 0 aliphatic heterocycles. The molecule has 0 unspecified atom stereocenters. The van der Waals surface area contributed by atoms with E-state index in [-0.39, 0.29) is 5.75 Å². The molecule has 0 aromatic heterocycles. The standard InChI is InChI=1S/C14H12F3NO3S/c1-9-4-2-3-5-11(9)21-12-7-6-10(14(15,16)17)8-13(12)22(18,19)20/h2-8H,1H3,(H2,18,19,20). The van der Waals surface area contributed by atoms with Crippen LogP contribution in [0.5, 0.6) is 11.5 Å². The Morgan fingerprint density at radius 2 is 1.68 bits per heavy atom. The monoisotopic (exact) mass is 331 g/mol. The average Bonchev–Trinajstić information content (AvgIpc) is 2.39. The van der Waals surface area contributed by atoms with Gasteiger partial charge in [0.1, 0.15) is 16.4 Å². The van der Waals surface area contributed by atoms with Crippen LogP contribution in [-0.2, 0) is 16.2 Å². The Hall–Kier alpha value is -2.06. The fraction of sp³-hybridized carbons (Fsp3) is 0.143. The van der Waals surface area contributed by atoms with Gasteiger partial charge in [0.2, 0.25) is 10.0 Å². The minimum Gasteiger partial charge on any atom is -0.456 e. The van der Waals surface area contributed by atoms with Crippen LogP contribution < -0.4 is 9.88 Å². The van der Waals surface area contributed by atoms with Crippen LogP contribution in [0.4, 0.5) is 13.2 Å². The fourth-order valence-corrected chi connectivity index (χ4v) is 2.46. The van der Waals surface area contributed by atoms with E-state index in [4.69, 9.17) is 9.88 Å². The largest absolute Gasteiger partial charge is 0.456 e. The van der Waals surface area contributed by atoms with E-state index in [1.165, 1.54) is 0 Å². The smallest absolute Gasteiger partial charge is 0.416 e. The second-order valence-electron chi connectivity index (χ2n) is 4.57. The van der Waals surface area contributed by atoms with Gasteiger partial charge in [-0.3, -0.25) is 0 Å². The summed E-state index contributed by atoms with van der Waals surface area (Å²) in [5.41, 5.74) is -0.420. The number of aryl methyl sites for hydroxylation is 1. The number of halogens is 3. The van der Waals surface area contributed by atoms with E-state index in [1.807, 2.05) is 0 Å². The van der Waals surface area contributed by atoms with Gasteiger partial charge in [-0.15, -0.1) is 0 Å². The molecule has 0 aliphatic rings. The summed E-state index contributed by atoms with van der Waals surface area (Å²) < 4.78 is 66.6. The zero-order chi connectivity index (χ0) is 16.5. The van der Waals surface area contributed by atoms with Gasteiger partial charge in [-0.1, -0.05) is 18.2 Å². The molecule has 0 saturated carbocycles. The van der Waals surface area contributed by atoms with Crippen LogP contribution in [-0.4, -0.2) is 8.42 Å². The fourth-order valence-electron chi connectivity index (χ4n) is 1.78. The van der Waals surface area contributed by atoms with E-state index >= 15 is 0 Å². The summed E-state index contributed by atoms with van der Waals surface area (Å²) in [5.74, 6) is 0.0666. The maximum absolute atomic E-state index is 12.7. The van der Waals surface area contributed by atoms with Crippen molar-refractivity contribution in [2.75, 3.05) is 0 Å². The first-order valence-corrected chi connectivity index (χ1v) is 7.61. The first kappa shape index (κ1) is 16.3. The van der Waals surface area contributed by atoms with Gasteiger partial charge in [0.05, 0.1) is 5.56 Å². The molecule has 0 bridgehead atoms. The SMILES string of the molecule is Cc1ccccc1Oc1ccc(C(F)(F)F)cc1S(N)(=O)=O. The normalized spacial score (nSPS) is 12.2. The summed E-state index contributed by atoms with van der Waals surface area (Å²) in [6.07, 6.45) is -4.68. The summed E-state index contributed by atoms with van der Waals surface area (Å²) in [6.45, 7) is 1.72. The van der Waals surface area contributed by atoms with Crippen LogP contribution in [0.3, 0.4) is 0 Å². The second-order valence-corrected chi connectivity index (χ2v) is 6.10. The van der Waals surface area contributed by atoms with Crippen LogP contribution in [0, 0.1) is 6.92 Å². The summed E-state index contributed by atoms with van der Waals surface area (Å²) >= 11 is 0. The molecule has 0 heterocycles. The van der Waals surface area contributed by atoms with Crippen molar-refractivity contribution in [3.05, 3.63) is 53.6 Å². The predicted octanol–water partition coefficient (Wildman–Crippen LogP) is 3.45. The first-order chi connectivity index (χ1) is 10.1. The summed E-state index contributed by atoms with van der Waals surface area (Å²) in [6, 6.07) is 8.83. The second kappa shape index (κ2) is 5.62. The molecule has 2 N–H and O–H groups in total. The van der Waals surface area contributed by atoms with Gasteiger partial charge in [-0.2, -0.15) is 13.2 Å². The van der Waals surface area contributed by atoms with Crippen LogP contribution in [0.25, 0.3) is 0 Å². The molecule has 0 atom stereocenters. The van der Waals surface area contributed by atoms with E-state index in [2.05, 4.69) is 0 Å². The molecule has 2 rings (SSSR count). The molecule has 118 valence electrons. The summed E-state index contributed by atoms with van der Waals surface area (Å²) in [7, 11) is -4.37.